The zero-order valence-corrected chi connectivity index (χ0v) is 8.95. The second kappa shape index (κ2) is 5.45. The van der Waals surface area contributed by atoms with Crippen molar-refractivity contribution in [2.45, 2.75) is 32.8 Å². The van der Waals surface area contributed by atoms with Gasteiger partial charge in [0.15, 0.2) is 0 Å². The molecule has 0 aromatic carbocycles. The molecule has 0 unspecified atom stereocenters. The van der Waals surface area contributed by atoms with Crippen molar-refractivity contribution in [2.24, 2.45) is 0 Å². The minimum Gasteiger partial charge on any atom is -0.392 e. The van der Waals surface area contributed by atoms with Crippen molar-refractivity contribution >= 4 is 5.91 Å². The van der Waals surface area contributed by atoms with Gasteiger partial charge in [-0.05, 0) is 13.3 Å². The topological polar surface area (TPSA) is 90.9 Å². The lowest BCUT2D eigenvalue weighted by Gasteiger charge is -2.03. The van der Waals surface area contributed by atoms with E-state index in [1.54, 1.807) is 6.92 Å². The minimum absolute atomic E-state index is 0.124. The summed E-state index contributed by atoms with van der Waals surface area (Å²) in [6, 6.07) is 0. The molecule has 6 heteroatoms. The Morgan fingerprint density at radius 2 is 2.40 bits per heavy atom. The molecule has 1 rings (SSSR count). The van der Waals surface area contributed by atoms with Gasteiger partial charge in [0, 0.05) is 13.0 Å². The smallest absolute Gasteiger partial charge is 0.291 e. The molecule has 1 aromatic rings. The summed E-state index contributed by atoms with van der Waals surface area (Å²) < 4.78 is 0. The number of aromatic nitrogens is 3. The predicted molar refractivity (Wildman–Crippen MR) is 54.4 cm³/mol. The van der Waals surface area contributed by atoms with Crippen LogP contribution < -0.4 is 5.32 Å². The largest absolute Gasteiger partial charge is 0.392 e. The highest BCUT2D eigenvalue weighted by molar-refractivity contribution is 5.90. The van der Waals surface area contributed by atoms with Crippen LogP contribution in [0.15, 0.2) is 0 Å². The number of carbonyl (C=O) groups excluding carboxylic acids is 1. The third kappa shape index (κ3) is 3.67. The summed E-state index contributed by atoms with van der Waals surface area (Å²) in [5, 5.41) is 18.0. The number of nitrogens with one attached hydrogen (secondary N) is 2. The average Bonchev–Trinajstić information content (AvgIpc) is 2.63. The number of nitrogens with zero attached hydrogens (tertiary/aromatic N) is 2. The quantitative estimate of drug-likeness (QED) is 0.634. The Hall–Kier alpha value is -1.43. The summed E-state index contributed by atoms with van der Waals surface area (Å²) in [4.78, 5) is 15.4. The lowest BCUT2D eigenvalue weighted by molar-refractivity contribution is 0.0914. The molecule has 84 valence electrons. The average molecular weight is 212 g/mol. The molecule has 3 N–H and O–H groups in total. The lowest BCUT2D eigenvalue weighted by atomic mass is 10.3. The van der Waals surface area contributed by atoms with Crippen LogP contribution in [0.5, 0.6) is 0 Å². The van der Waals surface area contributed by atoms with Crippen molar-refractivity contribution in [3.63, 3.8) is 0 Å². The van der Waals surface area contributed by atoms with Gasteiger partial charge in [0.2, 0.25) is 5.82 Å². The fraction of sp³-hybridized carbons (Fsp3) is 0.667. The summed E-state index contributed by atoms with van der Waals surface area (Å²) >= 11 is 0. The number of rotatable bonds is 5. The summed E-state index contributed by atoms with van der Waals surface area (Å²) in [5.74, 6) is 0.466. The van der Waals surface area contributed by atoms with Gasteiger partial charge in [-0.2, -0.15) is 0 Å². The highest BCUT2D eigenvalue weighted by atomic mass is 16.3. The van der Waals surface area contributed by atoms with Gasteiger partial charge in [0.25, 0.3) is 5.91 Å². The maximum atomic E-state index is 11.4. The first kappa shape index (κ1) is 11.6. The van der Waals surface area contributed by atoms with Gasteiger partial charge in [-0.1, -0.05) is 6.92 Å². The van der Waals surface area contributed by atoms with Crippen LogP contribution >= 0.6 is 0 Å². The number of hydrogen-bond donors (Lipinski definition) is 3. The van der Waals surface area contributed by atoms with Crippen LogP contribution in [-0.4, -0.2) is 38.8 Å². The van der Waals surface area contributed by atoms with E-state index in [1.165, 1.54) is 0 Å². The van der Waals surface area contributed by atoms with Crippen molar-refractivity contribution < 1.29 is 9.90 Å². The van der Waals surface area contributed by atoms with Gasteiger partial charge in [-0.15, -0.1) is 5.10 Å². The molecule has 1 atom stereocenters. The predicted octanol–water partition coefficient (Wildman–Crippen LogP) is -0.132. The number of amides is 1. The zero-order valence-electron chi connectivity index (χ0n) is 8.95. The Morgan fingerprint density at radius 1 is 1.67 bits per heavy atom. The minimum atomic E-state index is -0.567. The molecule has 0 fully saturated rings. The fourth-order valence-corrected chi connectivity index (χ4v) is 1.06. The third-order valence-electron chi connectivity index (χ3n) is 1.78. The molecule has 0 saturated heterocycles. The molecule has 6 nitrogen and oxygen atoms in total. The SMILES string of the molecule is CCCc1nc(C(=O)NC[C@H](C)O)n[nH]1. The van der Waals surface area contributed by atoms with Crippen LogP contribution in [0.25, 0.3) is 0 Å². The Labute approximate surface area is 88.1 Å². The molecule has 0 bridgehead atoms. The van der Waals surface area contributed by atoms with E-state index >= 15 is 0 Å². The van der Waals surface area contributed by atoms with Crippen molar-refractivity contribution in [2.75, 3.05) is 6.54 Å². The number of aryl methyl sites for hydroxylation is 1. The second-order valence-electron chi connectivity index (χ2n) is 3.41. The zero-order chi connectivity index (χ0) is 11.3. The number of aliphatic hydroxyl groups is 1. The molecule has 0 aliphatic rings. The van der Waals surface area contributed by atoms with E-state index in [9.17, 15) is 4.79 Å². The van der Waals surface area contributed by atoms with Crippen LogP contribution in [0.3, 0.4) is 0 Å². The number of hydrogen-bond acceptors (Lipinski definition) is 4. The van der Waals surface area contributed by atoms with Crippen LogP contribution in [-0.2, 0) is 6.42 Å². The van der Waals surface area contributed by atoms with Gasteiger partial charge in [-0.25, -0.2) is 4.98 Å². The monoisotopic (exact) mass is 212 g/mol. The molecular formula is C9H16N4O2. The van der Waals surface area contributed by atoms with Crippen molar-refractivity contribution in [1.82, 2.24) is 20.5 Å². The first-order valence-electron chi connectivity index (χ1n) is 5.01. The van der Waals surface area contributed by atoms with Crippen LogP contribution in [0.2, 0.25) is 0 Å². The van der Waals surface area contributed by atoms with Gasteiger partial charge in [0.05, 0.1) is 6.10 Å². The number of H-pyrrole nitrogens is 1. The van der Waals surface area contributed by atoms with E-state index in [2.05, 4.69) is 20.5 Å². The number of carbonyl (C=O) groups is 1. The van der Waals surface area contributed by atoms with E-state index < -0.39 is 6.10 Å². The third-order valence-corrected chi connectivity index (χ3v) is 1.78. The van der Waals surface area contributed by atoms with Crippen molar-refractivity contribution in [3.8, 4) is 0 Å². The highest BCUT2D eigenvalue weighted by Gasteiger charge is 2.11. The van der Waals surface area contributed by atoms with Crippen molar-refractivity contribution in [3.05, 3.63) is 11.6 Å². The van der Waals surface area contributed by atoms with Gasteiger partial charge < -0.3 is 10.4 Å². The number of aliphatic hydroxyl groups excluding tert-OH is 1. The molecule has 15 heavy (non-hydrogen) atoms. The van der Waals surface area contributed by atoms with E-state index in [-0.39, 0.29) is 18.3 Å². The summed E-state index contributed by atoms with van der Waals surface area (Å²) in [6.07, 6.45) is 1.16. The summed E-state index contributed by atoms with van der Waals surface area (Å²) in [7, 11) is 0. The van der Waals surface area contributed by atoms with E-state index in [0.717, 1.165) is 12.8 Å². The lowest BCUT2D eigenvalue weighted by Crippen LogP contribution is -2.31. The van der Waals surface area contributed by atoms with Crippen LogP contribution in [0.1, 0.15) is 36.7 Å². The first-order chi connectivity index (χ1) is 7.13. The Morgan fingerprint density at radius 3 is 3.00 bits per heavy atom. The molecule has 0 radical (unpaired) electrons. The molecule has 0 saturated carbocycles. The summed E-state index contributed by atoms with van der Waals surface area (Å²) in [6.45, 7) is 3.83. The Kier molecular flexibility index (Phi) is 4.23. The van der Waals surface area contributed by atoms with E-state index in [1.807, 2.05) is 6.92 Å². The van der Waals surface area contributed by atoms with Crippen LogP contribution in [0.4, 0.5) is 0 Å². The highest BCUT2D eigenvalue weighted by Crippen LogP contribution is 1.96. The molecule has 0 spiro atoms. The molecule has 0 aliphatic heterocycles. The fourth-order valence-electron chi connectivity index (χ4n) is 1.06. The molecule has 1 aromatic heterocycles. The Balaban J connectivity index is 2.50. The van der Waals surface area contributed by atoms with Gasteiger partial charge in [0.1, 0.15) is 5.82 Å². The summed E-state index contributed by atoms with van der Waals surface area (Å²) in [5.41, 5.74) is 0. The Bertz CT molecular complexity index is 322. The maximum absolute atomic E-state index is 11.4. The standard InChI is InChI=1S/C9H16N4O2/c1-3-4-7-11-8(13-12-7)9(15)10-5-6(2)14/h6,14H,3-5H2,1-2H3,(H,10,15)(H,11,12,13)/t6-/m0/s1. The molecule has 1 amide bonds. The van der Waals surface area contributed by atoms with Gasteiger partial charge >= 0.3 is 0 Å². The molecule has 1 heterocycles. The van der Waals surface area contributed by atoms with Gasteiger partial charge in [-0.3, -0.25) is 9.89 Å². The van der Waals surface area contributed by atoms with E-state index in [4.69, 9.17) is 5.11 Å². The molecule has 0 aliphatic carbocycles. The second-order valence-corrected chi connectivity index (χ2v) is 3.41. The van der Waals surface area contributed by atoms with Crippen LogP contribution in [0, 0.1) is 0 Å². The van der Waals surface area contributed by atoms with Crippen molar-refractivity contribution in [1.29, 1.82) is 0 Å². The molecular weight excluding hydrogens is 196 g/mol. The first-order valence-corrected chi connectivity index (χ1v) is 5.01. The maximum Gasteiger partial charge on any atom is 0.291 e. The normalized spacial score (nSPS) is 12.5. The van der Waals surface area contributed by atoms with E-state index in [0.29, 0.717) is 5.82 Å². The number of aromatic amines is 1.